The van der Waals surface area contributed by atoms with Gasteiger partial charge in [0.15, 0.2) is 0 Å². The minimum absolute atomic E-state index is 0.0200. The van der Waals surface area contributed by atoms with Crippen LogP contribution in [-0.2, 0) is 9.53 Å². The van der Waals surface area contributed by atoms with E-state index in [1.54, 1.807) is 6.33 Å². The first-order valence-electron chi connectivity index (χ1n) is 9.38. The Bertz CT molecular complexity index is 809. The van der Waals surface area contributed by atoms with Crippen molar-refractivity contribution in [3.63, 3.8) is 0 Å². The molecule has 1 aromatic heterocycles. The van der Waals surface area contributed by atoms with Gasteiger partial charge in [0, 0.05) is 64.4 Å². The second kappa shape index (κ2) is 7.66. The highest BCUT2D eigenvalue weighted by atomic mass is 16.5. The lowest BCUT2D eigenvalue weighted by Gasteiger charge is -2.38. The monoisotopic (exact) mass is 370 g/mol. The molecule has 1 aromatic carbocycles. The maximum atomic E-state index is 11.2. The quantitative estimate of drug-likeness (QED) is 0.832. The third kappa shape index (κ3) is 3.96. The lowest BCUT2D eigenvalue weighted by atomic mass is 10.1. The Morgan fingerprint density at radius 2 is 2.04 bits per heavy atom. The summed E-state index contributed by atoms with van der Waals surface area (Å²) in [5.74, 6) is 0.922. The zero-order chi connectivity index (χ0) is 18.8. The lowest BCUT2D eigenvalue weighted by Crippen LogP contribution is -2.52. The molecule has 2 saturated heterocycles. The number of carbonyl (C=O) groups excluding carboxylic acids is 1. The number of aromatic nitrogens is 2. The van der Waals surface area contributed by atoms with E-state index in [1.807, 2.05) is 19.0 Å². The van der Waals surface area contributed by atoms with Crippen molar-refractivity contribution in [3.05, 3.63) is 24.5 Å². The Morgan fingerprint density at radius 3 is 2.74 bits per heavy atom. The predicted molar refractivity (Wildman–Crippen MR) is 105 cm³/mol. The number of hydrogen-bond acceptors (Lipinski definition) is 7. The van der Waals surface area contributed by atoms with Gasteiger partial charge in [-0.25, -0.2) is 9.97 Å². The van der Waals surface area contributed by atoms with E-state index < -0.39 is 0 Å². The second-order valence-corrected chi connectivity index (χ2v) is 7.32. The summed E-state index contributed by atoms with van der Waals surface area (Å²) in [4.78, 5) is 26.8. The highest BCUT2D eigenvalue weighted by molar-refractivity contribution is 5.91. The Hall–Kier alpha value is -2.45. The van der Waals surface area contributed by atoms with Gasteiger partial charge in [0.2, 0.25) is 5.91 Å². The van der Waals surface area contributed by atoms with Crippen molar-refractivity contribution >= 4 is 28.3 Å². The van der Waals surface area contributed by atoms with E-state index in [0.29, 0.717) is 6.54 Å². The van der Waals surface area contributed by atoms with Crippen LogP contribution in [-0.4, -0.2) is 86.8 Å². The number of hydrogen-bond donors (Lipinski definition) is 1. The number of morpholine rings is 1. The summed E-state index contributed by atoms with van der Waals surface area (Å²) in [5, 5.41) is 3.95. The van der Waals surface area contributed by atoms with Crippen LogP contribution in [0.4, 0.5) is 11.5 Å². The van der Waals surface area contributed by atoms with Crippen LogP contribution in [0.1, 0.15) is 0 Å². The number of nitrogens with zero attached hydrogens (tertiary/aromatic N) is 5. The number of anilines is 2. The number of ether oxygens (including phenoxy) is 1. The van der Waals surface area contributed by atoms with Gasteiger partial charge in [-0.2, -0.15) is 0 Å². The minimum Gasteiger partial charge on any atom is -0.369 e. The Morgan fingerprint density at radius 1 is 1.22 bits per heavy atom. The summed E-state index contributed by atoms with van der Waals surface area (Å²) < 4.78 is 5.60. The van der Waals surface area contributed by atoms with Crippen molar-refractivity contribution in [2.75, 3.05) is 69.8 Å². The van der Waals surface area contributed by atoms with Crippen LogP contribution >= 0.6 is 0 Å². The third-order valence-corrected chi connectivity index (χ3v) is 5.20. The SMILES string of the molecule is CN(C)c1ncnc2ccc(N3CCN(CC4CNC(=O)CO4)CC3)cc12. The molecule has 2 aliphatic heterocycles. The van der Waals surface area contributed by atoms with Crippen LogP contribution in [0, 0.1) is 0 Å². The normalized spacial score (nSPS) is 21.3. The maximum absolute atomic E-state index is 11.2. The van der Waals surface area contributed by atoms with Crippen LogP contribution < -0.4 is 15.1 Å². The van der Waals surface area contributed by atoms with Crippen molar-refractivity contribution in [1.29, 1.82) is 0 Å². The number of carbonyl (C=O) groups is 1. The molecule has 1 atom stereocenters. The van der Waals surface area contributed by atoms with Crippen LogP contribution in [0.3, 0.4) is 0 Å². The number of benzene rings is 1. The zero-order valence-corrected chi connectivity index (χ0v) is 15.9. The summed E-state index contributed by atoms with van der Waals surface area (Å²) in [5.41, 5.74) is 2.17. The molecule has 8 nitrogen and oxygen atoms in total. The van der Waals surface area contributed by atoms with Crippen LogP contribution in [0.15, 0.2) is 24.5 Å². The lowest BCUT2D eigenvalue weighted by molar-refractivity contribution is -0.133. The summed E-state index contributed by atoms with van der Waals surface area (Å²) >= 11 is 0. The average Bonchev–Trinajstić information content (AvgIpc) is 2.69. The summed E-state index contributed by atoms with van der Waals surface area (Å²) in [6.45, 7) is 5.56. The molecule has 1 amide bonds. The third-order valence-electron chi connectivity index (χ3n) is 5.20. The molecule has 3 heterocycles. The van der Waals surface area contributed by atoms with Gasteiger partial charge in [-0.05, 0) is 18.2 Å². The van der Waals surface area contributed by atoms with Crippen molar-refractivity contribution < 1.29 is 9.53 Å². The molecule has 2 fully saturated rings. The van der Waals surface area contributed by atoms with Crippen LogP contribution in [0.5, 0.6) is 0 Å². The van der Waals surface area contributed by atoms with Gasteiger partial charge in [-0.15, -0.1) is 0 Å². The molecule has 0 radical (unpaired) electrons. The predicted octanol–water partition coefficient (Wildman–Crippen LogP) is 0.333. The molecule has 0 spiro atoms. The molecule has 2 aliphatic rings. The van der Waals surface area contributed by atoms with Gasteiger partial charge in [0.25, 0.3) is 0 Å². The first-order chi connectivity index (χ1) is 13.1. The first kappa shape index (κ1) is 17.9. The van der Waals surface area contributed by atoms with Gasteiger partial charge in [0.1, 0.15) is 18.8 Å². The van der Waals surface area contributed by atoms with E-state index in [-0.39, 0.29) is 18.6 Å². The van der Waals surface area contributed by atoms with E-state index in [2.05, 4.69) is 43.3 Å². The van der Waals surface area contributed by atoms with E-state index in [0.717, 1.165) is 49.4 Å². The van der Waals surface area contributed by atoms with Crippen molar-refractivity contribution in [2.24, 2.45) is 0 Å². The van der Waals surface area contributed by atoms with Gasteiger partial charge in [-0.3, -0.25) is 9.69 Å². The standard InChI is InChI=1S/C19H26N6O2/c1-23(2)19-16-9-14(3-4-17(16)21-13-22-19)25-7-5-24(6-8-25)11-15-10-20-18(26)12-27-15/h3-4,9,13,15H,5-8,10-12H2,1-2H3,(H,20,26). The molecular formula is C19H26N6O2. The minimum atomic E-state index is -0.0200. The molecular weight excluding hydrogens is 344 g/mol. The fraction of sp³-hybridized carbons (Fsp3) is 0.526. The molecule has 0 saturated carbocycles. The maximum Gasteiger partial charge on any atom is 0.246 e. The number of piperazine rings is 1. The fourth-order valence-corrected chi connectivity index (χ4v) is 3.71. The summed E-state index contributed by atoms with van der Waals surface area (Å²) in [7, 11) is 4.01. The van der Waals surface area contributed by atoms with Crippen molar-refractivity contribution in [1.82, 2.24) is 20.2 Å². The number of rotatable bonds is 4. The number of nitrogens with one attached hydrogen (secondary N) is 1. The molecule has 4 rings (SSSR count). The Kier molecular flexibility index (Phi) is 5.09. The molecule has 0 aliphatic carbocycles. The molecule has 2 aromatic rings. The number of fused-ring (bicyclic) bond motifs is 1. The topological polar surface area (TPSA) is 73.8 Å². The van der Waals surface area contributed by atoms with Crippen LogP contribution in [0.25, 0.3) is 10.9 Å². The van der Waals surface area contributed by atoms with Gasteiger partial charge < -0.3 is 19.9 Å². The molecule has 0 bridgehead atoms. The van der Waals surface area contributed by atoms with E-state index in [1.165, 1.54) is 5.69 Å². The number of amides is 1. The smallest absolute Gasteiger partial charge is 0.246 e. The molecule has 8 heteroatoms. The van der Waals surface area contributed by atoms with Crippen LogP contribution in [0.2, 0.25) is 0 Å². The zero-order valence-electron chi connectivity index (χ0n) is 15.9. The average molecular weight is 370 g/mol. The highest BCUT2D eigenvalue weighted by Crippen LogP contribution is 2.27. The summed E-state index contributed by atoms with van der Waals surface area (Å²) in [6, 6.07) is 6.41. The Labute approximate surface area is 159 Å². The molecule has 1 unspecified atom stereocenters. The molecule has 144 valence electrons. The fourth-order valence-electron chi connectivity index (χ4n) is 3.71. The van der Waals surface area contributed by atoms with Gasteiger partial charge in [-0.1, -0.05) is 0 Å². The largest absolute Gasteiger partial charge is 0.369 e. The van der Waals surface area contributed by atoms with E-state index in [4.69, 9.17) is 4.74 Å². The van der Waals surface area contributed by atoms with Crippen molar-refractivity contribution in [3.8, 4) is 0 Å². The Balaban J connectivity index is 1.40. The summed E-state index contributed by atoms with van der Waals surface area (Å²) in [6.07, 6.45) is 1.71. The second-order valence-electron chi connectivity index (χ2n) is 7.32. The van der Waals surface area contributed by atoms with E-state index >= 15 is 0 Å². The van der Waals surface area contributed by atoms with E-state index in [9.17, 15) is 4.79 Å². The van der Waals surface area contributed by atoms with Gasteiger partial charge in [0.05, 0.1) is 11.6 Å². The molecule has 27 heavy (non-hydrogen) atoms. The highest BCUT2D eigenvalue weighted by Gasteiger charge is 2.24. The van der Waals surface area contributed by atoms with Crippen molar-refractivity contribution in [2.45, 2.75) is 6.10 Å². The van der Waals surface area contributed by atoms with Gasteiger partial charge >= 0.3 is 0 Å². The molecule has 1 N–H and O–H groups in total. The first-order valence-corrected chi connectivity index (χ1v) is 9.38.